The van der Waals surface area contributed by atoms with Crippen molar-refractivity contribution in [1.29, 1.82) is 0 Å². The molecule has 0 bridgehead atoms. The molecule has 0 saturated carbocycles. The molecule has 0 N–H and O–H groups in total. The molecule has 0 aromatic carbocycles. The number of carbonyl (C=O) groups is 3. The van der Waals surface area contributed by atoms with Crippen LogP contribution in [0.15, 0.2) is 37.1 Å². The number of rotatable bonds is 11. The van der Waals surface area contributed by atoms with Gasteiger partial charge in [-0.3, -0.25) is 4.79 Å². The van der Waals surface area contributed by atoms with Crippen molar-refractivity contribution in [2.45, 2.75) is 39.5 Å². The maximum atomic E-state index is 10.9. The Morgan fingerprint density at radius 1 is 0.938 bits per heavy atom. The van der Waals surface area contributed by atoms with E-state index < -0.39 is 0 Å². The molecule has 0 radical (unpaired) electrons. The highest BCUT2D eigenvalue weighted by molar-refractivity contribution is 5.87. The van der Waals surface area contributed by atoms with Crippen molar-refractivity contribution in [1.82, 2.24) is 14.7 Å². The minimum absolute atomic E-state index is 0.208. The Morgan fingerprint density at radius 3 is 1.56 bits per heavy atom. The van der Waals surface area contributed by atoms with Crippen LogP contribution in [0.5, 0.6) is 0 Å². The van der Waals surface area contributed by atoms with Gasteiger partial charge in [0.2, 0.25) is 5.91 Å². The Balaban J connectivity index is 0. The minimum atomic E-state index is -0.297. The average molecular weight is 454 g/mol. The van der Waals surface area contributed by atoms with Crippen LogP contribution in [0, 0.1) is 0 Å². The minimum Gasteiger partial charge on any atom is -0.462 e. The Bertz CT molecular complexity index is 577. The monoisotopic (exact) mass is 453 g/mol. The molecule has 8 heteroatoms. The maximum Gasteiger partial charge on any atom is 0.333 e. The third kappa shape index (κ3) is 19.5. The van der Waals surface area contributed by atoms with Crippen LogP contribution in [0.2, 0.25) is 0 Å². The number of hydrogen-bond acceptors (Lipinski definition) is 7. The molecule has 1 saturated heterocycles. The van der Waals surface area contributed by atoms with Crippen LogP contribution in [0.4, 0.5) is 0 Å². The van der Waals surface area contributed by atoms with Crippen molar-refractivity contribution in [3.05, 3.63) is 37.1 Å². The van der Waals surface area contributed by atoms with Gasteiger partial charge in [0.05, 0.1) is 13.2 Å². The highest BCUT2D eigenvalue weighted by atomic mass is 16.5. The third-order valence-electron chi connectivity index (χ3n) is 3.99. The van der Waals surface area contributed by atoms with E-state index in [0.29, 0.717) is 30.8 Å². The van der Waals surface area contributed by atoms with Crippen LogP contribution in [-0.2, 0) is 23.9 Å². The van der Waals surface area contributed by atoms with Gasteiger partial charge in [-0.2, -0.15) is 0 Å². The highest BCUT2D eigenvalue weighted by Crippen LogP contribution is 2.08. The molecule has 1 amide bonds. The molecular weight excluding hydrogens is 410 g/mol. The first kappa shape index (κ1) is 31.7. The molecule has 0 aromatic rings. The Kier molecular flexibility index (Phi) is 19.1. The molecule has 0 aromatic heterocycles. The van der Waals surface area contributed by atoms with Gasteiger partial charge in [0, 0.05) is 37.2 Å². The first-order chi connectivity index (χ1) is 14.9. The highest BCUT2D eigenvalue weighted by Gasteiger charge is 2.16. The number of esters is 2. The van der Waals surface area contributed by atoms with Gasteiger partial charge < -0.3 is 24.2 Å². The molecule has 0 spiro atoms. The second-order valence-corrected chi connectivity index (χ2v) is 8.02. The maximum absolute atomic E-state index is 10.9. The van der Waals surface area contributed by atoms with E-state index in [2.05, 4.69) is 29.5 Å². The summed E-state index contributed by atoms with van der Waals surface area (Å²) in [6, 6.07) is 0. The average Bonchev–Trinajstić information content (AvgIpc) is 3.13. The molecule has 1 heterocycles. The van der Waals surface area contributed by atoms with Crippen LogP contribution >= 0.6 is 0 Å². The number of hydrogen-bond donors (Lipinski definition) is 0. The fraction of sp³-hybridized carbons (Fsp3) is 0.625. The smallest absolute Gasteiger partial charge is 0.333 e. The lowest BCUT2D eigenvalue weighted by molar-refractivity contribution is -0.139. The predicted molar refractivity (Wildman–Crippen MR) is 129 cm³/mol. The molecule has 1 aliphatic rings. The summed E-state index contributed by atoms with van der Waals surface area (Å²) < 4.78 is 9.78. The third-order valence-corrected chi connectivity index (χ3v) is 3.99. The van der Waals surface area contributed by atoms with E-state index in [4.69, 9.17) is 9.47 Å². The Morgan fingerprint density at radius 2 is 1.34 bits per heavy atom. The van der Waals surface area contributed by atoms with E-state index in [9.17, 15) is 14.4 Å². The molecule has 8 nitrogen and oxygen atoms in total. The van der Waals surface area contributed by atoms with Gasteiger partial charge in [-0.15, -0.1) is 0 Å². The first-order valence-electron chi connectivity index (χ1n) is 10.8. The van der Waals surface area contributed by atoms with Gasteiger partial charge in [-0.1, -0.05) is 19.7 Å². The van der Waals surface area contributed by atoms with Crippen LogP contribution in [0.25, 0.3) is 0 Å². The van der Waals surface area contributed by atoms with Crippen LogP contribution in [-0.4, -0.2) is 93.6 Å². The molecule has 184 valence electrons. The number of amides is 1. The van der Waals surface area contributed by atoms with Crippen molar-refractivity contribution in [3.8, 4) is 0 Å². The summed E-state index contributed by atoms with van der Waals surface area (Å²) in [4.78, 5) is 38.1. The van der Waals surface area contributed by atoms with Crippen molar-refractivity contribution in [3.63, 3.8) is 0 Å². The summed E-state index contributed by atoms with van der Waals surface area (Å²) >= 11 is 0. The van der Waals surface area contributed by atoms with Crippen molar-refractivity contribution in [2.24, 2.45) is 0 Å². The number of nitrogens with zero attached hydrogens (tertiary/aromatic N) is 3. The summed E-state index contributed by atoms with van der Waals surface area (Å²) in [6.45, 7) is 17.4. The van der Waals surface area contributed by atoms with E-state index in [0.717, 1.165) is 38.9 Å². The normalized spacial score (nSPS) is 12.4. The fourth-order valence-electron chi connectivity index (χ4n) is 2.20. The number of ether oxygens (including phenoxy) is 2. The van der Waals surface area contributed by atoms with E-state index in [1.165, 1.54) is 0 Å². The molecular formula is C24H43N3O5. The van der Waals surface area contributed by atoms with Gasteiger partial charge in [-0.25, -0.2) is 9.59 Å². The van der Waals surface area contributed by atoms with E-state index in [-0.39, 0.29) is 17.8 Å². The van der Waals surface area contributed by atoms with Crippen molar-refractivity contribution >= 4 is 17.8 Å². The quantitative estimate of drug-likeness (QED) is 0.270. The standard InChI is InChI=1S/2C9H17NO2.C6H9NO/c2*1-8(2)9(11)12-7-5-6-10(3)4;1-2-7-5-3-4-6(7)8/h2*1,5-7H2,2-4H3;2H,1,3-5H2. The number of carbonyl (C=O) groups excluding carboxylic acids is 3. The Labute approximate surface area is 194 Å². The van der Waals surface area contributed by atoms with E-state index in [1.54, 1.807) is 24.9 Å². The van der Waals surface area contributed by atoms with Crippen LogP contribution in [0.1, 0.15) is 39.5 Å². The zero-order valence-corrected chi connectivity index (χ0v) is 20.9. The summed E-state index contributed by atoms with van der Waals surface area (Å²) in [5.74, 6) is -0.387. The summed E-state index contributed by atoms with van der Waals surface area (Å²) in [5.41, 5.74) is 0.916. The lowest BCUT2D eigenvalue weighted by Gasteiger charge is -2.09. The van der Waals surface area contributed by atoms with Gasteiger partial charge in [0.1, 0.15) is 0 Å². The molecule has 0 atom stereocenters. The fourth-order valence-corrected chi connectivity index (χ4v) is 2.20. The van der Waals surface area contributed by atoms with Crippen molar-refractivity contribution in [2.75, 3.05) is 61.0 Å². The lowest BCUT2D eigenvalue weighted by atomic mass is 10.3. The molecule has 1 rings (SSSR count). The SMILES string of the molecule is C=C(C)C(=O)OCCCN(C)C.C=C(C)C(=O)OCCCN(C)C.C=CN1CCCC1=O. The van der Waals surface area contributed by atoms with Crippen molar-refractivity contribution < 1.29 is 23.9 Å². The first-order valence-corrected chi connectivity index (χ1v) is 10.8. The topological polar surface area (TPSA) is 79.4 Å². The largest absolute Gasteiger partial charge is 0.462 e. The molecule has 1 aliphatic heterocycles. The molecule has 32 heavy (non-hydrogen) atoms. The molecule has 0 unspecified atom stereocenters. The van der Waals surface area contributed by atoms with Gasteiger partial charge in [-0.05, 0) is 67.5 Å². The molecule has 1 fully saturated rings. The van der Waals surface area contributed by atoms with Gasteiger partial charge in [0.25, 0.3) is 0 Å². The second kappa shape index (κ2) is 19.3. The summed E-state index contributed by atoms with van der Waals surface area (Å²) in [6.07, 6.45) is 5.02. The van der Waals surface area contributed by atoms with E-state index >= 15 is 0 Å². The second-order valence-electron chi connectivity index (χ2n) is 8.02. The van der Waals surface area contributed by atoms with Gasteiger partial charge in [0.15, 0.2) is 0 Å². The predicted octanol–water partition coefficient (Wildman–Crippen LogP) is 2.87. The number of likely N-dealkylation sites (tertiary alicyclic amines) is 1. The summed E-state index contributed by atoms with van der Waals surface area (Å²) in [7, 11) is 7.95. The Hall–Kier alpha value is -2.45. The summed E-state index contributed by atoms with van der Waals surface area (Å²) in [5, 5.41) is 0. The van der Waals surface area contributed by atoms with Crippen LogP contribution < -0.4 is 0 Å². The van der Waals surface area contributed by atoms with E-state index in [1.807, 2.05) is 28.2 Å². The van der Waals surface area contributed by atoms with Crippen LogP contribution in [0.3, 0.4) is 0 Å². The molecule has 0 aliphatic carbocycles. The lowest BCUT2D eigenvalue weighted by Crippen LogP contribution is -2.16. The zero-order chi connectivity index (χ0) is 25.1. The zero-order valence-electron chi connectivity index (χ0n) is 20.9. The van der Waals surface area contributed by atoms with Gasteiger partial charge >= 0.3 is 11.9 Å².